The van der Waals surface area contributed by atoms with Crippen LogP contribution in [0.1, 0.15) is 47.0 Å². The van der Waals surface area contributed by atoms with Crippen molar-refractivity contribution < 1.29 is 9.47 Å². The molecule has 5 nitrogen and oxygen atoms in total. The molecule has 0 saturated carbocycles. The normalized spacial score (nSPS) is 13.5. The smallest absolute Gasteiger partial charge is 0.191 e. The van der Waals surface area contributed by atoms with Crippen LogP contribution in [-0.4, -0.2) is 52.5 Å². The number of halogens is 1. The van der Waals surface area contributed by atoms with E-state index in [0.717, 1.165) is 45.1 Å². The van der Waals surface area contributed by atoms with Gasteiger partial charge in [-0.25, -0.2) is 0 Å². The quantitative estimate of drug-likeness (QED) is 0.243. The molecule has 0 aliphatic heterocycles. The Balaban J connectivity index is 0. The number of guanidine groups is 1. The Hall–Kier alpha value is -0.0800. The molecule has 0 aromatic heterocycles. The summed E-state index contributed by atoms with van der Waals surface area (Å²) in [7, 11) is 3.54. The van der Waals surface area contributed by atoms with E-state index in [-0.39, 0.29) is 35.5 Å². The molecular formula is C16H36IN3O2. The topological polar surface area (TPSA) is 54.9 Å². The summed E-state index contributed by atoms with van der Waals surface area (Å²) in [4.78, 5) is 4.22. The average Bonchev–Trinajstić information content (AvgIpc) is 2.43. The third-order valence-corrected chi connectivity index (χ3v) is 3.33. The number of hydrogen-bond donors (Lipinski definition) is 2. The van der Waals surface area contributed by atoms with E-state index >= 15 is 0 Å². The van der Waals surface area contributed by atoms with Crippen LogP contribution in [0.3, 0.4) is 0 Å². The second-order valence-corrected chi connectivity index (χ2v) is 6.29. The Morgan fingerprint density at radius 3 is 2.27 bits per heavy atom. The highest BCUT2D eigenvalue weighted by atomic mass is 127. The highest BCUT2D eigenvalue weighted by Gasteiger charge is 2.24. The fourth-order valence-electron chi connectivity index (χ4n) is 1.88. The Bertz CT molecular complexity index is 281. The van der Waals surface area contributed by atoms with Crippen molar-refractivity contribution in [3.8, 4) is 0 Å². The van der Waals surface area contributed by atoms with Gasteiger partial charge in [0.25, 0.3) is 0 Å². The van der Waals surface area contributed by atoms with Crippen LogP contribution in [-0.2, 0) is 9.47 Å². The van der Waals surface area contributed by atoms with E-state index in [2.05, 4.69) is 43.3 Å². The third-order valence-electron chi connectivity index (χ3n) is 3.33. The monoisotopic (exact) mass is 429 g/mol. The van der Waals surface area contributed by atoms with Gasteiger partial charge in [0.2, 0.25) is 0 Å². The molecule has 0 aromatic rings. The van der Waals surface area contributed by atoms with Crippen LogP contribution in [0, 0.1) is 5.41 Å². The van der Waals surface area contributed by atoms with Gasteiger partial charge in [-0.2, -0.15) is 0 Å². The number of ether oxygens (including phenoxy) is 2. The van der Waals surface area contributed by atoms with Crippen LogP contribution in [0.5, 0.6) is 0 Å². The maximum absolute atomic E-state index is 5.53. The lowest BCUT2D eigenvalue weighted by molar-refractivity contribution is 0.0205. The van der Waals surface area contributed by atoms with Crippen LogP contribution in [0.25, 0.3) is 0 Å². The van der Waals surface area contributed by atoms with E-state index in [1.165, 1.54) is 6.42 Å². The van der Waals surface area contributed by atoms with E-state index in [4.69, 9.17) is 9.47 Å². The molecule has 0 amide bonds. The second-order valence-electron chi connectivity index (χ2n) is 6.29. The SMILES string of the molecule is CCCCOCCCNC(=NC)NCC(OC)C(C)(C)C.I. The maximum Gasteiger partial charge on any atom is 0.191 e. The summed E-state index contributed by atoms with van der Waals surface area (Å²) in [5, 5.41) is 6.61. The summed E-state index contributed by atoms with van der Waals surface area (Å²) in [6.07, 6.45) is 3.45. The standard InChI is InChI=1S/C16H35N3O2.HI/c1-7-8-11-21-12-9-10-18-15(17-5)19-13-14(20-6)16(2,3)4;/h14H,7-13H2,1-6H3,(H2,17,18,19);1H. The minimum atomic E-state index is 0. The van der Waals surface area contributed by atoms with Crippen LogP contribution >= 0.6 is 24.0 Å². The highest BCUT2D eigenvalue weighted by Crippen LogP contribution is 2.20. The van der Waals surface area contributed by atoms with Crippen molar-refractivity contribution in [1.29, 1.82) is 0 Å². The molecule has 0 bridgehead atoms. The van der Waals surface area contributed by atoms with E-state index < -0.39 is 0 Å². The van der Waals surface area contributed by atoms with Gasteiger partial charge >= 0.3 is 0 Å². The van der Waals surface area contributed by atoms with Crippen molar-refractivity contribution in [2.24, 2.45) is 10.4 Å². The highest BCUT2D eigenvalue weighted by molar-refractivity contribution is 14.0. The van der Waals surface area contributed by atoms with Crippen LogP contribution in [0.4, 0.5) is 0 Å². The van der Waals surface area contributed by atoms with Crippen LogP contribution in [0.2, 0.25) is 0 Å². The van der Waals surface area contributed by atoms with Crippen molar-refractivity contribution in [3.05, 3.63) is 0 Å². The molecule has 0 aliphatic rings. The Kier molecular flexibility index (Phi) is 15.9. The van der Waals surface area contributed by atoms with Crippen molar-refractivity contribution in [1.82, 2.24) is 10.6 Å². The van der Waals surface area contributed by atoms with E-state index in [1.54, 1.807) is 14.2 Å². The fraction of sp³-hybridized carbons (Fsp3) is 0.938. The third kappa shape index (κ3) is 12.5. The number of nitrogens with one attached hydrogen (secondary N) is 2. The maximum atomic E-state index is 5.53. The minimum absolute atomic E-state index is 0. The predicted octanol–water partition coefficient (Wildman–Crippen LogP) is 3.04. The van der Waals surface area contributed by atoms with Gasteiger partial charge in [0.15, 0.2) is 5.96 Å². The summed E-state index contributed by atoms with van der Waals surface area (Å²) >= 11 is 0. The first-order valence-electron chi connectivity index (χ1n) is 8.00. The molecular weight excluding hydrogens is 393 g/mol. The first kappa shape index (κ1) is 24.2. The zero-order valence-corrected chi connectivity index (χ0v) is 17.5. The molecule has 0 spiro atoms. The van der Waals surface area contributed by atoms with Gasteiger partial charge in [0.05, 0.1) is 6.10 Å². The largest absolute Gasteiger partial charge is 0.381 e. The van der Waals surface area contributed by atoms with Gasteiger partial charge in [-0.15, -0.1) is 24.0 Å². The van der Waals surface area contributed by atoms with E-state index in [1.807, 2.05) is 0 Å². The zero-order chi connectivity index (χ0) is 16.1. The zero-order valence-electron chi connectivity index (χ0n) is 15.2. The molecule has 0 fully saturated rings. The van der Waals surface area contributed by atoms with Crippen molar-refractivity contribution in [3.63, 3.8) is 0 Å². The van der Waals surface area contributed by atoms with Gasteiger partial charge in [-0.1, -0.05) is 34.1 Å². The van der Waals surface area contributed by atoms with Gasteiger partial charge in [-0.05, 0) is 18.3 Å². The fourth-order valence-corrected chi connectivity index (χ4v) is 1.88. The predicted molar refractivity (Wildman–Crippen MR) is 105 cm³/mol. The van der Waals surface area contributed by atoms with Gasteiger partial charge < -0.3 is 20.1 Å². The van der Waals surface area contributed by atoms with Crippen LogP contribution < -0.4 is 10.6 Å². The number of nitrogens with zero attached hydrogens (tertiary/aromatic N) is 1. The molecule has 1 atom stereocenters. The Morgan fingerprint density at radius 1 is 1.14 bits per heavy atom. The molecule has 22 heavy (non-hydrogen) atoms. The molecule has 0 heterocycles. The number of aliphatic imine (C=N–C) groups is 1. The van der Waals surface area contributed by atoms with Crippen molar-refractivity contribution in [2.75, 3.05) is 40.5 Å². The van der Waals surface area contributed by atoms with E-state index in [9.17, 15) is 0 Å². The summed E-state index contributed by atoms with van der Waals surface area (Å²) in [6.45, 7) is 12.0. The molecule has 6 heteroatoms. The molecule has 0 aliphatic carbocycles. The number of methoxy groups -OCH3 is 1. The Labute approximate surface area is 154 Å². The number of hydrogen-bond acceptors (Lipinski definition) is 3. The lowest BCUT2D eigenvalue weighted by Crippen LogP contribution is -2.45. The average molecular weight is 429 g/mol. The molecule has 2 N–H and O–H groups in total. The van der Waals surface area contributed by atoms with Crippen molar-refractivity contribution >= 4 is 29.9 Å². The summed E-state index contributed by atoms with van der Waals surface area (Å²) < 4.78 is 11.1. The van der Waals surface area contributed by atoms with Crippen LogP contribution in [0.15, 0.2) is 4.99 Å². The van der Waals surface area contributed by atoms with Crippen molar-refractivity contribution in [2.45, 2.75) is 53.1 Å². The first-order chi connectivity index (χ1) is 9.95. The van der Waals surface area contributed by atoms with Gasteiger partial charge in [0, 0.05) is 40.5 Å². The molecule has 0 rings (SSSR count). The second kappa shape index (κ2) is 14.5. The van der Waals surface area contributed by atoms with Gasteiger partial charge in [0.1, 0.15) is 0 Å². The number of rotatable bonds is 10. The summed E-state index contributed by atoms with van der Waals surface area (Å²) in [5.74, 6) is 0.815. The molecule has 134 valence electrons. The molecule has 0 saturated heterocycles. The Morgan fingerprint density at radius 2 is 1.77 bits per heavy atom. The molecule has 1 unspecified atom stereocenters. The van der Waals surface area contributed by atoms with E-state index in [0.29, 0.717) is 0 Å². The first-order valence-corrected chi connectivity index (χ1v) is 8.00. The summed E-state index contributed by atoms with van der Waals surface area (Å²) in [5.41, 5.74) is 0.105. The minimum Gasteiger partial charge on any atom is -0.381 e. The molecule has 0 radical (unpaired) electrons. The van der Waals surface area contributed by atoms with Gasteiger partial charge in [-0.3, -0.25) is 4.99 Å². The lowest BCUT2D eigenvalue weighted by atomic mass is 9.89. The lowest BCUT2D eigenvalue weighted by Gasteiger charge is -2.30. The number of unbranched alkanes of at least 4 members (excludes halogenated alkanes) is 1. The molecule has 0 aromatic carbocycles. The summed E-state index contributed by atoms with van der Waals surface area (Å²) in [6, 6.07) is 0.